The maximum atomic E-state index is 13.6. The zero-order valence-corrected chi connectivity index (χ0v) is 22.4. The number of anilines is 1. The Hall–Kier alpha value is -3.43. The van der Waals surface area contributed by atoms with Crippen molar-refractivity contribution < 1.29 is 55.3 Å². The number of alkyl halides is 6. The van der Waals surface area contributed by atoms with Gasteiger partial charge in [-0.3, -0.25) is 4.90 Å². The summed E-state index contributed by atoms with van der Waals surface area (Å²) in [6.07, 6.45) is -6.60. The summed E-state index contributed by atoms with van der Waals surface area (Å²) in [6.45, 7) is 5.66. The van der Waals surface area contributed by atoms with E-state index in [0.717, 1.165) is 50.3 Å². The minimum atomic E-state index is -5.08. The van der Waals surface area contributed by atoms with E-state index in [-0.39, 0.29) is 5.82 Å². The van der Waals surface area contributed by atoms with Gasteiger partial charge in [0.25, 0.3) is 0 Å². The van der Waals surface area contributed by atoms with Crippen LogP contribution in [0.25, 0.3) is 11.1 Å². The standard InChI is InChI=1S/C23H30FN3O.2C2HF3O2/c24-20-5-1-3-18(15-20)19-4-2-6-22(16-19)26-11-8-21(9-12-26)27-13-14-28-23(17-27)7-10-25;2*3-2(4,5)1(6)7/h1-6,15-16,21,23H,7-14,17,25H2;2*(H,6,7). The number of nitrogens with zero attached hydrogens (tertiary/aromatic N) is 2. The lowest BCUT2D eigenvalue weighted by atomic mass is 9.99. The highest BCUT2D eigenvalue weighted by Gasteiger charge is 2.39. The molecule has 0 aliphatic carbocycles. The predicted octanol–water partition coefficient (Wildman–Crippen LogP) is 4.78. The molecule has 4 N–H and O–H groups in total. The van der Waals surface area contributed by atoms with E-state index in [9.17, 15) is 30.7 Å². The van der Waals surface area contributed by atoms with E-state index < -0.39 is 24.3 Å². The minimum absolute atomic E-state index is 0.192. The van der Waals surface area contributed by atoms with Crippen molar-refractivity contribution in [2.24, 2.45) is 5.73 Å². The second kappa shape index (κ2) is 15.7. The molecule has 0 saturated carbocycles. The molecule has 2 aliphatic heterocycles. The minimum Gasteiger partial charge on any atom is -0.475 e. The molecule has 2 heterocycles. The summed E-state index contributed by atoms with van der Waals surface area (Å²) in [6, 6.07) is 15.9. The Balaban J connectivity index is 0.000000367. The molecule has 2 aromatic carbocycles. The summed E-state index contributed by atoms with van der Waals surface area (Å²) in [5, 5.41) is 14.2. The zero-order chi connectivity index (χ0) is 31.5. The number of benzene rings is 2. The maximum Gasteiger partial charge on any atom is 0.490 e. The summed E-state index contributed by atoms with van der Waals surface area (Å²) in [4.78, 5) is 22.8. The zero-order valence-electron chi connectivity index (χ0n) is 22.4. The highest BCUT2D eigenvalue weighted by Crippen LogP contribution is 2.28. The van der Waals surface area contributed by atoms with Crippen LogP contribution in [0.5, 0.6) is 0 Å². The van der Waals surface area contributed by atoms with Crippen molar-refractivity contribution in [3.63, 3.8) is 0 Å². The summed E-state index contributed by atoms with van der Waals surface area (Å²) in [7, 11) is 0. The average Bonchev–Trinajstić information content (AvgIpc) is 2.93. The van der Waals surface area contributed by atoms with Crippen LogP contribution in [-0.4, -0.2) is 90.9 Å². The van der Waals surface area contributed by atoms with Crippen molar-refractivity contribution in [2.75, 3.05) is 44.2 Å². The third-order valence-corrected chi connectivity index (χ3v) is 6.49. The van der Waals surface area contributed by atoms with Gasteiger partial charge >= 0.3 is 24.3 Å². The molecule has 0 radical (unpaired) electrons. The molecular weight excluding hydrogens is 579 g/mol. The number of morpholine rings is 1. The van der Waals surface area contributed by atoms with Crippen molar-refractivity contribution >= 4 is 17.6 Å². The SMILES string of the molecule is NCCC1CN(C2CCN(c3cccc(-c4cccc(F)c4)c3)CC2)CCO1.O=C(O)C(F)(F)F.O=C(O)C(F)(F)F. The molecule has 8 nitrogen and oxygen atoms in total. The number of carboxylic acids is 2. The van der Waals surface area contributed by atoms with Crippen molar-refractivity contribution in [1.29, 1.82) is 0 Å². The Morgan fingerprint density at radius 1 is 0.881 bits per heavy atom. The predicted molar refractivity (Wildman–Crippen MR) is 139 cm³/mol. The molecule has 0 amide bonds. The number of hydrogen-bond donors (Lipinski definition) is 3. The smallest absolute Gasteiger partial charge is 0.475 e. The van der Waals surface area contributed by atoms with Crippen molar-refractivity contribution in [1.82, 2.24) is 4.90 Å². The molecule has 2 fully saturated rings. The normalized spacial score (nSPS) is 18.3. The third-order valence-electron chi connectivity index (χ3n) is 6.49. The molecular formula is C27H32F7N3O5. The topological polar surface area (TPSA) is 116 Å². The van der Waals surface area contributed by atoms with Crippen LogP contribution in [0.4, 0.5) is 36.4 Å². The monoisotopic (exact) mass is 611 g/mol. The van der Waals surface area contributed by atoms with Gasteiger partial charge in [0, 0.05) is 37.9 Å². The average molecular weight is 612 g/mol. The van der Waals surface area contributed by atoms with Crippen LogP contribution in [0.1, 0.15) is 19.3 Å². The Morgan fingerprint density at radius 2 is 1.40 bits per heavy atom. The van der Waals surface area contributed by atoms with E-state index >= 15 is 0 Å². The van der Waals surface area contributed by atoms with Crippen LogP contribution in [0.2, 0.25) is 0 Å². The first-order chi connectivity index (χ1) is 19.6. The molecule has 2 saturated heterocycles. The highest BCUT2D eigenvalue weighted by molar-refractivity contribution is 5.73. The lowest BCUT2D eigenvalue weighted by molar-refractivity contribution is -0.193. The molecule has 4 rings (SSSR count). The Kier molecular flexibility index (Phi) is 13.0. The van der Waals surface area contributed by atoms with E-state index in [1.807, 2.05) is 6.07 Å². The molecule has 1 atom stereocenters. The Morgan fingerprint density at radius 3 is 1.90 bits per heavy atom. The third kappa shape index (κ3) is 11.4. The van der Waals surface area contributed by atoms with Gasteiger partial charge in [-0.25, -0.2) is 14.0 Å². The van der Waals surface area contributed by atoms with Crippen molar-refractivity contribution in [3.8, 4) is 11.1 Å². The first kappa shape index (κ1) is 34.8. The van der Waals surface area contributed by atoms with Crippen LogP contribution in [0, 0.1) is 5.82 Å². The van der Waals surface area contributed by atoms with Gasteiger partial charge in [-0.2, -0.15) is 26.3 Å². The summed E-state index contributed by atoms with van der Waals surface area (Å²) in [5.74, 6) is -5.71. The molecule has 2 aromatic rings. The lowest BCUT2D eigenvalue weighted by Gasteiger charge is -2.42. The van der Waals surface area contributed by atoms with Gasteiger partial charge in [0.2, 0.25) is 0 Å². The van der Waals surface area contributed by atoms with E-state index in [1.165, 1.54) is 24.6 Å². The van der Waals surface area contributed by atoms with Gasteiger partial charge in [-0.05, 0) is 61.2 Å². The maximum absolute atomic E-state index is 13.6. The van der Waals surface area contributed by atoms with E-state index in [2.05, 4.69) is 34.1 Å². The lowest BCUT2D eigenvalue weighted by Crippen LogP contribution is -2.51. The Bertz CT molecular complexity index is 1130. The number of aliphatic carboxylic acids is 2. The summed E-state index contributed by atoms with van der Waals surface area (Å²) < 4.78 is 82.9. The Labute approximate surface area is 237 Å². The van der Waals surface area contributed by atoms with E-state index in [0.29, 0.717) is 18.7 Å². The number of rotatable bonds is 5. The number of ether oxygens (including phenoxy) is 1. The molecule has 234 valence electrons. The summed E-state index contributed by atoms with van der Waals surface area (Å²) in [5.41, 5.74) is 8.92. The largest absolute Gasteiger partial charge is 0.490 e. The van der Waals surface area contributed by atoms with Crippen LogP contribution in [-0.2, 0) is 14.3 Å². The number of nitrogens with two attached hydrogens (primary N) is 1. The number of carboxylic acid groups (broad SMARTS) is 2. The molecule has 0 aromatic heterocycles. The second-order valence-electron chi connectivity index (χ2n) is 9.45. The van der Waals surface area contributed by atoms with Crippen LogP contribution in [0.15, 0.2) is 48.5 Å². The molecule has 0 spiro atoms. The molecule has 42 heavy (non-hydrogen) atoms. The van der Waals surface area contributed by atoms with Gasteiger partial charge in [0.15, 0.2) is 0 Å². The van der Waals surface area contributed by atoms with Crippen LogP contribution < -0.4 is 10.6 Å². The number of halogens is 7. The fourth-order valence-corrected chi connectivity index (χ4v) is 4.47. The molecule has 15 heteroatoms. The van der Waals surface area contributed by atoms with Gasteiger partial charge in [-0.15, -0.1) is 0 Å². The second-order valence-corrected chi connectivity index (χ2v) is 9.45. The molecule has 0 bridgehead atoms. The van der Waals surface area contributed by atoms with E-state index in [4.69, 9.17) is 30.3 Å². The van der Waals surface area contributed by atoms with E-state index in [1.54, 1.807) is 12.1 Å². The first-order valence-corrected chi connectivity index (χ1v) is 12.9. The van der Waals surface area contributed by atoms with Crippen LogP contribution in [0.3, 0.4) is 0 Å². The quantitative estimate of drug-likeness (QED) is 0.414. The van der Waals surface area contributed by atoms with Crippen molar-refractivity contribution in [3.05, 3.63) is 54.3 Å². The van der Waals surface area contributed by atoms with Gasteiger partial charge in [0.05, 0.1) is 12.7 Å². The van der Waals surface area contributed by atoms with Gasteiger partial charge < -0.3 is 25.6 Å². The fraction of sp³-hybridized carbons (Fsp3) is 0.481. The first-order valence-electron chi connectivity index (χ1n) is 12.9. The molecule has 2 aliphatic rings. The number of carbonyl (C=O) groups is 2. The fourth-order valence-electron chi connectivity index (χ4n) is 4.47. The highest BCUT2D eigenvalue weighted by atomic mass is 19.4. The van der Waals surface area contributed by atoms with Crippen molar-refractivity contribution in [2.45, 2.75) is 43.8 Å². The van der Waals surface area contributed by atoms with Crippen LogP contribution >= 0.6 is 0 Å². The van der Waals surface area contributed by atoms with Gasteiger partial charge in [0.1, 0.15) is 5.82 Å². The number of piperidine rings is 1. The molecule has 1 unspecified atom stereocenters. The number of hydrogen-bond acceptors (Lipinski definition) is 6. The van der Waals surface area contributed by atoms with Gasteiger partial charge in [-0.1, -0.05) is 24.3 Å². The summed E-state index contributed by atoms with van der Waals surface area (Å²) >= 11 is 0.